The lowest BCUT2D eigenvalue weighted by molar-refractivity contribution is 0.0731. The maximum absolute atomic E-state index is 13.0. The minimum Gasteiger partial charge on any atom is -0.441 e. The summed E-state index contributed by atoms with van der Waals surface area (Å²) in [5.74, 6) is 1.05. The van der Waals surface area contributed by atoms with Crippen molar-refractivity contribution in [2.45, 2.75) is 25.8 Å². The van der Waals surface area contributed by atoms with Crippen LogP contribution in [0.3, 0.4) is 0 Å². The normalized spacial score (nSPS) is 17.4. The highest BCUT2D eigenvalue weighted by molar-refractivity contribution is 7.10. The van der Waals surface area contributed by atoms with Crippen molar-refractivity contribution in [3.8, 4) is 11.5 Å². The molecule has 2 aromatic heterocycles. The molecule has 1 unspecified atom stereocenters. The van der Waals surface area contributed by atoms with Crippen molar-refractivity contribution in [2.75, 3.05) is 6.54 Å². The number of likely N-dealkylation sites (tertiary alicyclic amines) is 1. The molecule has 4 nitrogen and oxygen atoms in total. The van der Waals surface area contributed by atoms with Crippen molar-refractivity contribution in [1.29, 1.82) is 0 Å². The van der Waals surface area contributed by atoms with Gasteiger partial charge in [-0.25, -0.2) is 4.98 Å². The largest absolute Gasteiger partial charge is 0.441 e. The summed E-state index contributed by atoms with van der Waals surface area (Å²) >= 11 is 1.71. The van der Waals surface area contributed by atoms with Crippen LogP contribution in [0.25, 0.3) is 11.5 Å². The van der Waals surface area contributed by atoms with Crippen LogP contribution in [0.5, 0.6) is 0 Å². The number of amides is 1. The zero-order valence-corrected chi connectivity index (χ0v) is 14.3. The van der Waals surface area contributed by atoms with E-state index < -0.39 is 0 Å². The van der Waals surface area contributed by atoms with Gasteiger partial charge in [0.15, 0.2) is 5.69 Å². The van der Waals surface area contributed by atoms with Gasteiger partial charge in [0.2, 0.25) is 5.89 Å². The predicted octanol–water partition coefficient (Wildman–Crippen LogP) is 4.69. The van der Waals surface area contributed by atoms with Crippen molar-refractivity contribution in [3.05, 3.63) is 64.2 Å². The van der Waals surface area contributed by atoms with E-state index in [4.69, 9.17) is 4.42 Å². The number of thiophene rings is 1. The van der Waals surface area contributed by atoms with Gasteiger partial charge in [0, 0.05) is 17.0 Å². The van der Waals surface area contributed by atoms with E-state index in [2.05, 4.69) is 16.4 Å². The molecular formula is C19H18N2O2S. The third kappa shape index (κ3) is 2.65. The molecule has 0 saturated carbocycles. The molecule has 1 amide bonds. The van der Waals surface area contributed by atoms with Crippen molar-refractivity contribution >= 4 is 17.2 Å². The van der Waals surface area contributed by atoms with Crippen molar-refractivity contribution in [3.63, 3.8) is 0 Å². The second kappa shape index (κ2) is 6.24. The topological polar surface area (TPSA) is 46.3 Å². The third-order valence-corrected chi connectivity index (χ3v) is 5.38. The van der Waals surface area contributed by atoms with Gasteiger partial charge in [-0.3, -0.25) is 4.79 Å². The molecule has 1 fully saturated rings. The Kier molecular flexibility index (Phi) is 3.94. The molecule has 1 aliphatic rings. The standard InChI is InChI=1S/C19H18N2O2S/c1-13-17(20-18(23-13)14-7-3-2-4-8-14)19(22)21-11-5-9-15(21)16-10-6-12-24-16/h2-4,6-8,10,12,15H,5,9,11H2,1H3. The van der Waals surface area contributed by atoms with Crippen molar-refractivity contribution < 1.29 is 9.21 Å². The number of hydrogen-bond donors (Lipinski definition) is 0. The highest BCUT2D eigenvalue weighted by Crippen LogP contribution is 2.36. The van der Waals surface area contributed by atoms with E-state index in [1.807, 2.05) is 48.2 Å². The van der Waals surface area contributed by atoms with Gasteiger partial charge in [-0.05, 0) is 43.3 Å². The molecule has 1 aromatic carbocycles. The third-order valence-electron chi connectivity index (χ3n) is 4.41. The molecule has 0 bridgehead atoms. The van der Waals surface area contributed by atoms with Gasteiger partial charge in [0.1, 0.15) is 5.76 Å². The Balaban J connectivity index is 1.64. The highest BCUT2D eigenvalue weighted by Gasteiger charge is 2.33. The Bertz CT molecular complexity index is 840. The molecule has 0 N–H and O–H groups in total. The molecule has 0 spiro atoms. The second-order valence-corrected chi connectivity index (χ2v) is 6.94. The van der Waals surface area contributed by atoms with Gasteiger partial charge in [0.05, 0.1) is 6.04 Å². The van der Waals surface area contributed by atoms with Crippen LogP contribution in [0.15, 0.2) is 52.3 Å². The Labute approximate surface area is 144 Å². The van der Waals surface area contributed by atoms with Crippen LogP contribution in [0, 0.1) is 6.92 Å². The first kappa shape index (κ1) is 15.1. The number of aromatic nitrogens is 1. The van der Waals surface area contributed by atoms with Crippen LogP contribution in [0.2, 0.25) is 0 Å². The molecule has 1 atom stereocenters. The van der Waals surface area contributed by atoms with Crippen LogP contribution in [-0.4, -0.2) is 22.3 Å². The molecule has 3 aromatic rings. The number of nitrogens with zero attached hydrogens (tertiary/aromatic N) is 2. The zero-order chi connectivity index (χ0) is 16.5. The second-order valence-electron chi connectivity index (χ2n) is 5.96. The number of oxazole rings is 1. The van der Waals surface area contributed by atoms with E-state index in [1.54, 1.807) is 11.3 Å². The monoisotopic (exact) mass is 338 g/mol. The van der Waals surface area contributed by atoms with E-state index in [0.29, 0.717) is 17.3 Å². The number of hydrogen-bond acceptors (Lipinski definition) is 4. The summed E-state index contributed by atoms with van der Waals surface area (Å²) < 4.78 is 5.75. The minimum absolute atomic E-state index is 0.0330. The first-order chi connectivity index (χ1) is 11.7. The molecule has 1 saturated heterocycles. The smallest absolute Gasteiger partial charge is 0.276 e. The maximum Gasteiger partial charge on any atom is 0.276 e. The van der Waals surface area contributed by atoms with E-state index >= 15 is 0 Å². The summed E-state index contributed by atoms with van der Waals surface area (Å²) in [5.41, 5.74) is 1.31. The molecule has 0 aliphatic carbocycles. The Hall–Kier alpha value is -2.40. The lowest BCUT2D eigenvalue weighted by Gasteiger charge is -2.23. The number of aryl methyl sites for hydroxylation is 1. The number of benzene rings is 1. The van der Waals surface area contributed by atoms with Gasteiger partial charge in [-0.15, -0.1) is 11.3 Å². The summed E-state index contributed by atoms with van der Waals surface area (Å²) in [4.78, 5) is 20.7. The fourth-order valence-electron chi connectivity index (χ4n) is 3.22. The van der Waals surface area contributed by atoms with Crippen LogP contribution in [-0.2, 0) is 0 Å². The summed E-state index contributed by atoms with van der Waals surface area (Å²) in [6.07, 6.45) is 2.03. The predicted molar refractivity (Wildman–Crippen MR) is 94.0 cm³/mol. The van der Waals surface area contributed by atoms with Gasteiger partial charge >= 0.3 is 0 Å². The molecule has 5 heteroatoms. The molecule has 24 heavy (non-hydrogen) atoms. The summed E-state index contributed by atoms with van der Waals surface area (Å²) in [5, 5.41) is 2.06. The summed E-state index contributed by atoms with van der Waals surface area (Å²) in [7, 11) is 0. The van der Waals surface area contributed by atoms with E-state index in [9.17, 15) is 4.79 Å². The number of rotatable bonds is 3. The molecular weight excluding hydrogens is 320 g/mol. The minimum atomic E-state index is -0.0330. The Morgan fingerprint density at radius 2 is 2.08 bits per heavy atom. The molecule has 122 valence electrons. The summed E-state index contributed by atoms with van der Waals surface area (Å²) in [6, 6.07) is 14.0. The Morgan fingerprint density at radius 1 is 1.25 bits per heavy atom. The van der Waals surface area contributed by atoms with Crippen LogP contribution in [0.4, 0.5) is 0 Å². The fraction of sp³-hybridized carbons (Fsp3) is 0.263. The van der Waals surface area contributed by atoms with Crippen LogP contribution < -0.4 is 0 Å². The fourth-order valence-corrected chi connectivity index (χ4v) is 4.10. The maximum atomic E-state index is 13.0. The number of carbonyl (C=O) groups excluding carboxylic acids is 1. The lowest BCUT2D eigenvalue weighted by atomic mass is 10.2. The molecule has 3 heterocycles. The number of carbonyl (C=O) groups is 1. The van der Waals surface area contributed by atoms with Crippen LogP contribution >= 0.6 is 11.3 Å². The highest BCUT2D eigenvalue weighted by atomic mass is 32.1. The van der Waals surface area contributed by atoms with Gasteiger partial charge in [-0.1, -0.05) is 24.3 Å². The van der Waals surface area contributed by atoms with E-state index in [1.165, 1.54) is 4.88 Å². The van der Waals surface area contributed by atoms with Gasteiger partial charge in [0.25, 0.3) is 5.91 Å². The van der Waals surface area contributed by atoms with Gasteiger partial charge < -0.3 is 9.32 Å². The van der Waals surface area contributed by atoms with Gasteiger partial charge in [-0.2, -0.15) is 0 Å². The molecule has 4 rings (SSSR count). The Morgan fingerprint density at radius 3 is 2.83 bits per heavy atom. The van der Waals surface area contributed by atoms with Crippen molar-refractivity contribution in [1.82, 2.24) is 9.88 Å². The zero-order valence-electron chi connectivity index (χ0n) is 13.4. The van der Waals surface area contributed by atoms with E-state index in [-0.39, 0.29) is 11.9 Å². The average molecular weight is 338 g/mol. The SMILES string of the molecule is Cc1oc(-c2ccccc2)nc1C(=O)N1CCCC1c1cccs1. The lowest BCUT2D eigenvalue weighted by Crippen LogP contribution is -2.30. The van der Waals surface area contributed by atoms with Crippen molar-refractivity contribution in [2.24, 2.45) is 0 Å². The quantitative estimate of drug-likeness (QED) is 0.696. The average Bonchev–Trinajstić information content (AvgIpc) is 3.35. The first-order valence-electron chi connectivity index (χ1n) is 8.11. The molecule has 0 radical (unpaired) electrons. The summed E-state index contributed by atoms with van der Waals surface area (Å²) in [6.45, 7) is 2.58. The van der Waals surface area contributed by atoms with E-state index in [0.717, 1.165) is 24.9 Å². The molecule has 1 aliphatic heterocycles. The van der Waals surface area contributed by atoms with Crippen LogP contribution in [0.1, 0.15) is 40.0 Å². The first-order valence-corrected chi connectivity index (χ1v) is 8.99.